The number of rotatable bonds is 5. The van der Waals surface area contributed by atoms with Gasteiger partial charge in [0.05, 0.1) is 12.6 Å². The first-order valence-corrected chi connectivity index (χ1v) is 7.48. The van der Waals surface area contributed by atoms with Crippen molar-refractivity contribution in [3.8, 4) is 0 Å². The molecule has 1 N–H and O–H groups in total. The molecule has 1 aromatic carbocycles. The van der Waals surface area contributed by atoms with E-state index in [1.165, 1.54) is 0 Å². The van der Waals surface area contributed by atoms with E-state index in [2.05, 4.69) is 18.7 Å². The minimum absolute atomic E-state index is 0.00930. The number of aliphatic hydroxyl groups excluding tert-OH is 1. The van der Waals surface area contributed by atoms with Crippen LogP contribution < -0.4 is 4.90 Å². The number of hydrogen-bond acceptors (Lipinski definition) is 3. The Morgan fingerprint density at radius 1 is 1.30 bits per heavy atom. The Morgan fingerprint density at radius 3 is 2.50 bits per heavy atom. The van der Waals surface area contributed by atoms with Crippen molar-refractivity contribution in [2.75, 3.05) is 31.1 Å². The molecule has 0 aliphatic carbocycles. The average molecular weight is 276 g/mol. The molecule has 4 heteroatoms. The number of carbonyl (C=O) groups excluding carboxylic acids is 1. The van der Waals surface area contributed by atoms with Gasteiger partial charge in [0, 0.05) is 30.9 Å². The van der Waals surface area contributed by atoms with Gasteiger partial charge in [-0.25, -0.2) is 0 Å². The summed E-state index contributed by atoms with van der Waals surface area (Å²) in [5, 5.41) is 9.31. The van der Waals surface area contributed by atoms with E-state index in [1.54, 1.807) is 4.90 Å². The minimum Gasteiger partial charge on any atom is -0.394 e. The zero-order chi connectivity index (χ0) is 14.5. The molecule has 1 fully saturated rings. The van der Waals surface area contributed by atoms with Crippen molar-refractivity contribution in [1.82, 2.24) is 4.90 Å². The van der Waals surface area contributed by atoms with Crippen molar-refractivity contribution in [3.05, 3.63) is 29.8 Å². The molecule has 1 aliphatic heterocycles. The molecule has 0 saturated carbocycles. The molecule has 110 valence electrons. The van der Waals surface area contributed by atoms with Gasteiger partial charge in [-0.05, 0) is 51.0 Å². The molecule has 1 amide bonds. The van der Waals surface area contributed by atoms with Gasteiger partial charge in [-0.15, -0.1) is 0 Å². The first-order chi connectivity index (χ1) is 9.71. The molecule has 0 aromatic heterocycles. The van der Waals surface area contributed by atoms with Crippen molar-refractivity contribution in [2.45, 2.75) is 32.7 Å². The lowest BCUT2D eigenvalue weighted by Crippen LogP contribution is -2.37. The number of carbonyl (C=O) groups is 1. The third kappa shape index (κ3) is 2.96. The van der Waals surface area contributed by atoms with Gasteiger partial charge in [0.1, 0.15) is 0 Å². The Bertz CT molecular complexity index is 440. The molecule has 1 unspecified atom stereocenters. The van der Waals surface area contributed by atoms with E-state index in [1.807, 2.05) is 24.3 Å². The topological polar surface area (TPSA) is 43.8 Å². The van der Waals surface area contributed by atoms with Crippen molar-refractivity contribution in [2.24, 2.45) is 0 Å². The highest BCUT2D eigenvalue weighted by Crippen LogP contribution is 2.21. The van der Waals surface area contributed by atoms with Gasteiger partial charge in [0.15, 0.2) is 0 Å². The second-order valence-corrected chi connectivity index (χ2v) is 5.20. The Kier molecular flexibility index (Phi) is 5.01. The molecule has 1 atom stereocenters. The monoisotopic (exact) mass is 276 g/mol. The predicted molar refractivity (Wildman–Crippen MR) is 81.1 cm³/mol. The smallest absolute Gasteiger partial charge is 0.254 e. The zero-order valence-corrected chi connectivity index (χ0v) is 12.4. The number of benzene rings is 1. The molecule has 20 heavy (non-hydrogen) atoms. The van der Waals surface area contributed by atoms with Crippen molar-refractivity contribution in [1.29, 1.82) is 0 Å². The van der Waals surface area contributed by atoms with Crippen molar-refractivity contribution in [3.63, 3.8) is 0 Å². The van der Waals surface area contributed by atoms with Gasteiger partial charge >= 0.3 is 0 Å². The number of hydrogen-bond donors (Lipinski definition) is 1. The van der Waals surface area contributed by atoms with E-state index in [0.717, 1.165) is 38.2 Å². The molecule has 1 aromatic rings. The normalized spacial score (nSPS) is 18.4. The minimum atomic E-state index is -0.00930. The Labute approximate surface area is 121 Å². The molecule has 1 saturated heterocycles. The first kappa shape index (κ1) is 14.9. The number of nitrogens with zero attached hydrogens (tertiary/aromatic N) is 2. The summed E-state index contributed by atoms with van der Waals surface area (Å²) in [4.78, 5) is 16.5. The van der Waals surface area contributed by atoms with Crippen LogP contribution in [0.3, 0.4) is 0 Å². The van der Waals surface area contributed by atoms with Crippen molar-refractivity contribution < 1.29 is 9.90 Å². The van der Waals surface area contributed by atoms with Gasteiger partial charge in [-0.1, -0.05) is 0 Å². The Hall–Kier alpha value is -1.55. The molecule has 2 rings (SSSR count). The Morgan fingerprint density at radius 2 is 1.95 bits per heavy atom. The van der Waals surface area contributed by atoms with Gasteiger partial charge < -0.3 is 14.9 Å². The number of anilines is 1. The van der Waals surface area contributed by atoms with Crippen LogP contribution >= 0.6 is 0 Å². The van der Waals surface area contributed by atoms with Crippen LogP contribution in [0.15, 0.2) is 24.3 Å². The largest absolute Gasteiger partial charge is 0.394 e. The SMILES string of the molecule is CCN(CC)c1ccc(C(=O)N2CCCC2CO)cc1. The lowest BCUT2D eigenvalue weighted by Gasteiger charge is -2.24. The molecular formula is C16H24N2O2. The molecule has 4 nitrogen and oxygen atoms in total. The summed E-state index contributed by atoms with van der Waals surface area (Å²) < 4.78 is 0. The second kappa shape index (κ2) is 6.75. The van der Waals surface area contributed by atoms with Crippen LogP contribution in [0.4, 0.5) is 5.69 Å². The lowest BCUT2D eigenvalue weighted by molar-refractivity contribution is 0.0677. The second-order valence-electron chi connectivity index (χ2n) is 5.20. The van der Waals surface area contributed by atoms with E-state index in [0.29, 0.717) is 5.56 Å². The van der Waals surface area contributed by atoms with Gasteiger partial charge in [0.25, 0.3) is 5.91 Å². The average Bonchev–Trinajstić information content (AvgIpc) is 2.97. The summed E-state index contributed by atoms with van der Waals surface area (Å²) in [6.45, 7) is 6.98. The fourth-order valence-electron chi connectivity index (χ4n) is 2.86. The maximum Gasteiger partial charge on any atom is 0.254 e. The summed E-state index contributed by atoms with van der Waals surface area (Å²) in [7, 11) is 0. The van der Waals surface area contributed by atoms with Crippen LogP contribution in [0, 0.1) is 0 Å². The van der Waals surface area contributed by atoms with Crippen LogP contribution in [0.5, 0.6) is 0 Å². The van der Waals surface area contributed by atoms with Gasteiger partial charge in [-0.2, -0.15) is 0 Å². The van der Waals surface area contributed by atoms with E-state index < -0.39 is 0 Å². The van der Waals surface area contributed by atoms with E-state index in [-0.39, 0.29) is 18.6 Å². The highest BCUT2D eigenvalue weighted by atomic mass is 16.3. The third-order valence-corrected chi connectivity index (χ3v) is 4.09. The molecule has 0 radical (unpaired) electrons. The van der Waals surface area contributed by atoms with Crippen LogP contribution in [0.2, 0.25) is 0 Å². The molecule has 1 heterocycles. The van der Waals surface area contributed by atoms with Crippen LogP contribution in [0.1, 0.15) is 37.0 Å². The summed E-state index contributed by atoms with van der Waals surface area (Å²) in [5.41, 5.74) is 1.85. The first-order valence-electron chi connectivity index (χ1n) is 7.48. The van der Waals surface area contributed by atoms with E-state index in [9.17, 15) is 9.90 Å². The maximum atomic E-state index is 12.4. The molecular weight excluding hydrogens is 252 g/mol. The number of aliphatic hydroxyl groups is 1. The summed E-state index contributed by atoms with van der Waals surface area (Å²) >= 11 is 0. The number of likely N-dealkylation sites (tertiary alicyclic amines) is 1. The van der Waals surface area contributed by atoms with Crippen LogP contribution in [-0.2, 0) is 0 Å². The van der Waals surface area contributed by atoms with E-state index in [4.69, 9.17) is 0 Å². The van der Waals surface area contributed by atoms with E-state index >= 15 is 0 Å². The quantitative estimate of drug-likeness (QED) is 0.896. The summed E-state index contributed by atoms with van der Waals surface area (Å²) in [6, 6.07) is 7.78. The predicted octanol–water partition coefficient (Wildman–Crippen LogP) is 2.13. The Balaban J connectivity index is 2.11. The van der Waals surface area contributed by atoms with Gasteiger partial charge in [0.2, 0.25) is 0 Å². The van der Waals surface area contributed by atoms with Crippen molar-refractivity contribution >= 4 is 11.6 Å². The molecule has 0 spiro atoms. The summed E-state index contributed by atoms with van der Waals surface area (Å²) in [5.74, 6) is 0.0349. The molecule has 1 aliphatic rings. The fourth-order valence-corrected chi connectivity index (χ4v) is 2.86. The summed E-state index contributed by atoms with van der Waals surface area (Å²) in [6.07, 6.45) is 1.88. The zero-order valence-electron chi connectivity index (χ0n) is 12.4. The van der Waals surface area contributed by atoms with Crippen LogP contribution in [0.25, 0.3) is 0 Å². The van der Waals surface area contributed by atoms with Gasteiger partial charge in [-0.3, -0.25) is 4.79 Å². The molecule has 0 bridgehead atoms. The maximum absolute atomic E-state index is 12.4. The number of amides is 1. The lowest BCUT2D eigenvalue weighted by atomic mass is 10.1. The standard InChI is InChI=1S/C16H24N2O2/c1-3-17(4-2)14-9-7-13(8-10-14)16(20)18-11-5-6-15(18)12-19/h7-10,15,19H,3-6,11-12H2,1-2H3. The van der Waals surface area contributed by atoms with Crippen LogP contribution in [-0.4, -0.2) is 48.2 Å². The third-order valence-electron chi connectivity index (χ3n) is 4.09. The fraction of sp³-hybridized carbons (Fsp3) is 0.562. The highest BCUT2D eigenvalue weighted by molar-refractivity contribution is 5.95. The highest BCUT2D eigenvalue weighted by Gasteiger charge is 2.28.